The molecule has 1 amide bonds. The molecule has 1 heterocycles. The molecule has 1 aliphatic rings. The summed E-state index contributed by atoms with van der Waals surface area (Å²) in [5, 5.41) is 2.90. The van der Waals surface area contributed by atoms with Crippen molar-refractivity contribution in [2.24, 2.45) is 0 Å². The van der Waals surface area contributed by atoms with Gasteiger partial charge in [-0.05, 0) is 12.5 Å². The Bertz CT molecular complexity index is 492. The van der Waals surface area contributed by atoms with Crippen molar-refractivity contribution in [3.63, 3.8) is 0 Å². The number of morpholine rings is 1. The molecular weight excluding hydrogens is 292 g/mol. The summed E-state index contributed by atoms with van der Waals surface area (Å²) in [5.74, 6) is -0.115. The van der Waals surface area contributed by atoms with Crippen LogP contribution in [0.3, 0.4) is 0 Å². The third-order valence-electron chi connectivity index (χ3n) is 3.81. The van der Waals surface area contributed by atoms with Crippen molar-refractivity contribution < 1.29 is 14.3 Å². The quantitative estimate of drug-likeness (QED) is 0.740. The minimum absolute atomic E-state index is 0.0167. The van der Waals surface area contributed by atoms with Crippen molar-refractivity contribution in [1.29, 1.82) is 0 Å². The zero-order chi connectivity index (χ0) is 16.5. The first-order chi connectivity index (χ1) is 11.2. The molecule has 0 unspecified atom stereocenters. The van der Waals surface area contributed by atoms with Gasteiger partial charge in [-0.2, -0.15) is 0 Å². The Morgan fingerprint density at radius 3 is 3.04 bits per heavy atom. The Morgan fingerprint density at radius 2 is 2.30 bits per heavy atom. The lowest BCUT2D eigenvalue weighted by Gasteiger charge is -2.33. The molecule has 23 heavy (non-hydrogen) atoms. The van der Waals surface area contributed by atoms with Gasteiger partial charge in [0.1, 0.15) is 6.10 Å². The first-order valence-corrected chi connectivity index (χ1v) is 8.07. The molecule has 0 aromatic heterocycles. The Kier molecular flexibility index (Phi) is 7.26. The molecule has 0 bridgehead atoms. The van der Waals surface area contributed by atoms with Crippen LogP contribution >= 0.6 is 0 Å². The zero-order valence-corrected chi connectivity index (χ0v) is 13.7. The van der Waals surface area contributed by atoms with E-state index in [9.17, 15) is 4.79 Å². The molecule has 1 aliphatic heterocycles. The van der Waals surface area contributed by atoms with Gasteiger partial charge >= 0.3 is 0 Å². The summed E-state index contributed by atoms with van der Waals surface area (Å²) in [6.45, 7) is 9.52. The molecule has 2 atom stereocenters. The molecule has 1 saturated heterocycles. The average molecular weight is 318 g/mol. The Balaban J connectivity index is 1.73. The molecule has 5 heteroatoms. The summed E-state index contributed by atoms with van der Waals surface area (Å²) < 4.78 is 11.1. The number of benzene rings is 1. The third-order valence-corrected chi connectivity index (χ3v) is 3.81. The average Bonchev–Trinajstić information content (AvgIpc) is 2.58. The van der Waals surface area contributed by atoms with E-state index in [1.54, 1.807) is 13.0 Å². The van der Waals surface area contributed by atoms with E-state index in [0.717, 1.165) is 19.6 Å². The number of carbonyl (C=O) groups is 1. The highest BCUT2D eigenvalue weighted by Crippen LogP contribution is 2.10. The summed E-state index contributed by atoms with van der Waals surface area (Å²) in [7, 11) is 0. The molecular formula is C18H26N2O3. The summed E-state index contributed by atoms with van der Waals surface area (Å²) in [4.78, 5) is 14.3. The van der Waals surface area contributed by atoms with Crippen molar-refractivity contribution in [3.8, 4) is 0 Å². The van der Waals surface area contributed by atoms with Crippen molar-refractivity contribution in [2.45, 2.75) is 25.7 Å². The number of hydrogen-bond acceptors (Lipinski definition) is 4. The van der Waals surface area contributed by atoms with Crippen LogP contribution in [0.1, 0.15) is 12.5 Å². The lowest BCUT2D eigenvalue weighted by molar-refractivity contribution is -0.132. The number of nitrogens with one attached hydrogen (secondary N) is 1. The fourth-order valence-corrected chi connectivity index (χ4v) is 2.54. The zero-order valence-electron chi connectivity index (χ0n) is 13.7. The summed E-state index contributed by atoms with van der Waals surface area (Å²) in [6.07, 6.45) is 1.18. The van der Waals surface area contributed by atoms with Crippen LogP contribution in [0.2, 0.25) is 0 Å². The second-order valence-corrected chi connectivity index (χ2v) is 5.72. The maximum absolute atomic E-state index is 11.9. The number of ether oxygens (including phenoxy) is 2. The maximum Gasteiger partial charge on any atom is 0.248 e. The van der Waals surface area contributed by atoms with E-state index in [-0.39, 0.29) is 12.0 Å². The van der Waals surface area contributed by atoms with E-state index in [4.69, 9.17) is 9.47 Å². The van der Waals surface area contributed by atoms with Crippen LogP contribution in [0.25, 0.3) is 0 Å². The van der Waals surface area contributed by atoms with Gasteiger partial charge in [-0.1, -0.05) is 36.4 Å². The van der Waals surface area contributed by atoms with Gasteiger partial charge in [-0.25, -0.2) is 0 Å². The maximum atomic E-state index is 11.9. The van der Waals surface area contributed by atoms with Gasteiger partial charge in [0.2, 0.25) is 5.91 Å². The lowest BCUT2D eigenvalue weighted by atomic mass is 10.2. The highest BCUT2D eigenvalue weighted by Gasteiger charge is 2.22. The summed E-state index contributed by atoms with van der Waals surface area (Å²) in [5.41, 5.74) is 1.30. The monoisotopic (exact) mass is 318 g/mol. The predicted molar refractivity (Wildman–Crippen MR) is 90.1 cm³/mol. The highest BCUT2D eigenvalue weighted by molar-refractivity contribution is 5.80. The van der Waals surface area contributed by atoms with Gasteiger partial charge in [0.05, 0.1) is 19.3 Å². The Morgan fingerprint density at radius 1 is 1.52 bits per heavy atom. The Hall–Kier alpha value is -1.69. The van der Waals surface area contributed by atoms with E-state index in [2.05, 4.69) is 41.1 Å². The first kappa shape index (κ1) is 17.7. The number of hydrogen-bond donors (Lipinski definition) is 1. The summed E-state index contributed by atoms with van der Waals surface area (Å²) in [6, 6.07) is 10.4. The topological polar surface area (TPSA) is 50.8 Å². The minimum Gasteiger partial charge on any atom is -0.374 e. The van der Waals surface area contributed by atoms with Crippen LogP contribution in [0.15, 0.2) is 43.0 Å². The van der Waals surface area contributed by atoms with Crippen LogP contribution < -0.4 is 5.32 Å². The van der Waals surface area contributed by atoms with E-state index >= 15 is 0 Å². The molecule has 1 N–H and O–H groups in total. The van der Waals surface area contributed by atoms with Crippen LogP contribution in [-0.2, 0) is 20.8 Å². The van der Waals surface area contributed by atoms with E-state index in [1.165, 1.54) is 5.56 Å². The van der Waals surface area contributed by atoms with Gasteiger partial charge in [0.25, 0.3) is 0 Å². The van der Waals surface area contributed by atoms with Crippen molar-refractivity contribution in [2.75, 3.05) is 32.8 Å². The highest BCUT2D eigenvalue weighted by atomic mass is 16.5. The molecule has 2 rings (SSSR count). The number of rotatable bonds is 8. The van der Waals surface area contributed by atoms with Crippen molar-refractivity contribution in [3.05, 3.63) is 48.6 Å². The first-order valence-electron chi connectivity index (χ1n) is 8.07. The lowest BCUT2D eigenvalue weighted by Crippen LogP contribution is -2.48. The van der Waals surface area contributed by atoms with E-state index in [0.29, 0.717) is 19.8 Å². The van der Waals surface area contributed by atoms with Crippen LogP contribution in [-0.4, -0.2) is 55.9 Å². The fraction of sp³-hybridized carbons (Fsp3) is 0.500. The molecule has 5 nitrogen and oxygen atoms in total. The standard InChI is InChI=1S/C18H26N2O3/c1-3-10-22-15(2)18(21)19-12-17-14-20(9-11-23-17)13-16-7-5-4-6-8-16/h3-8,15,17H,1,9-14H2,2H3,(H,19,21)/t15-,17+/m0/s1. The van der Waals surface area contributed by atoms with Crippen molar-refractivity contribution in [1.82, 2.24) is 10.2 Å². The second kappa shape index (κ2) is 9.45. The number of carbonyl (C=O) groups excluding carboxylic acids is 1. The summed E-state index contributed by atoms with van der Waals surface area (Å²) >= 11 is 0. The molecule has 1 aromatic rings. The van der Waals surface area contributed by atoms with Gasteiger partial charge in [-0.15, -0.1) is 6.58 Å². The van der Waals surface area contributed by atoms with Gasteiger partial charge in [-0.3, -0.25) is 9.69 Å². The largest absolute Gasteiger partial charge is 0.374 e. The number of amides is 1. The van der Waals surface area contributed by atoms with Gasteiger partial charge in [0.15, 0.2) is 0 Å². The second-order valence-electron chi connectivity index (χ2n) is 5.72. The normalized spacial score (nSPS) is 20.0. The van der Waals surface area contributed by atoms with Crippen LogP contribution in [0.4, 0.5) is 0 Å². The van der Waals surface area contributed by atoms with Crippen LogP contribution in [0.5, 0.6) is 0 Å². The van der Waals surface area contributed by atoms with Gasteiger partial charge in [0, 0.05) is 26.2 Å². The molecule has 0 spiro atoms. The predicted octanol–water partition coefficient (Wildman–Crippen LogP) is 1.59. The van der Waals surface area contributed by atoms with E-state index in [1.807, 2.05) is 6.07 Å². The van der Waals surface area contributed by atoms with Crippen molar-refractivity contribution >= 4 is 5.91 Å². The molecule has 1 aromatic carbocycles. The fourth-order valence-electron chi connectivity index (χ4n) is 2.54. The minimum atomic E-state index is -0.475. The Labute approximate surface area is 138 Å². The smallest absolute Gasteiger partial charge is 0.248 e. The number of nitrogens with zero attached hydrogens (tertiary/aromatic N) is 1. The molecule has 0 saturated carbocycles. The molecule has 1 fully saturated rings. The van der Waals surface area contributed by atoms with E-state index < -0.39 is 6.10 Å². The molecule has 126 valence electrons. The van der Waals surface area contributed by atoms with Crippen LogP contribution in [0, 0.1) is 0 Å². The molecule has 0 aliphatic carbocycles. The molecule has 0 radical (unpaired) electrons. The van der Waals surface area contributed by atoms with Gasteiger partial charge < -0.3 is 14.8 Å². The SMILES string of the molecule is C=CCO[C@@H](C)C(=O)NC[C@@H]1CN(Cc2ccccc2)CCO1. The third kappa shape index (κ3) is 6.14.